The van der Waals surface area contributed by atoms with Gasteiger partial charge in [0.1, 0.15) is 11.5 Å². The maximum absolute atomic E-state index is 12.8. The summed E-state index contributed by atoms with van der Waals surface area (Å²) in [6, 6.07) is 15.6. The van der Waals surface area contributed by atoms with Gasteiger partial charge >= 0.3 is 10.1 Å². The number of fused-ring (bicyclic) bond motifs is 1. The fourth-order valence-electron chi connectivity index (χ4n) is 2.87. The molecule has 2 aromatic carbocycles. The minimum absolute atomic E-state index is 0.0393. The molecule has 1 aliphatic rings. The Kier molecular flexibility index (Phi) is 6.43. The molecule has 3 N–H and O–H groups in total. The number of amides is 2. The zero-order chi connectivity index (χ0) is 24.1. The summed E-state index contributed by atoms with van der Waals surface area (Å²) in [5, 5.41) is 5.59. The van der Waals surface area contributed by atoms with Crippen LogP contribution in [0.4, 0.5) is 0 Å². The van der Waals surface area contributed by atoms with Crippen molar-refractivity contribution >= 4 is 34.2 Å². The third kappa shape index (κ3) is 5.49. The fourth-order valence-corrected chi connectivity index (χ4v) is 3.31. The van der Waals surface area contributed by atoms with E-state index >= 15 is 0 Å². The molecule has 0 bridgehead atoms. The highest BCUT2D eigenvalue weighted by Gasteiger charge is 2.17. The maximum atomic E-state index is 12.8. The van der Waals surface area contributed by atoms with E-state index in [0.717, 1.165) is 12.3 Å². The Labute approximate surface area is 193 Å². The third-order valence-electron chi connectivity index (χ3n) is 4.45. The zero-order valence-corrected chi connectivity index (χ0v) is 18.1. The Hall–Kier alpha value is -4.42. The topological polar surface area (TPSA) is 157 Å². The van der Waals surface area contributed by atoms with Crippen molar-refractivity contribution in [2.75, 3.05) is 6.79 Å². The number of hydrogen-bond donors (Lipinski definition) is 3. The monoisotopic (exact) mass is 483 g/mol. The summed E-state index contributed by atoms with van der Waals surface area (Å²) in [6.07, 6.45) is 2.46. The van der Waals surface area contributed by atoms with Crippen molar-refractivity contribution in [2.24, 2.45) is 5.10 Å². The zero-order valence-electron chi connectivity index (χ0n) is 17.3. The van der Waals surface area contributed by atoms with Crippen LogP contribution in [0.5, 0.6) is 11.5 Å². The van der Waals surface area contributed by atoms with Gasteiger partial charge in [-0.15, -0.1) is 0 Å². The summed E-state index contributed by atoms with van der Waals surface area (Å²) < 4.78 is 46.6. The van der Waals surface area contributed by atoms with E-state index in [1.165, 1.54) is 12.1 Å². The second-order valence-corrected chi connectivity index (χ2v) is 8.17. The Balaban J connectivity index is 1.54. The second-order valence-electron chi connectivity index (χ2n) is 6.82. The van der Waals surface area contributed by atoms with Gasteiger partial charge < -0.3 is 19.2 Å². The molecular formula is C22H17N3O8S. The van der Waals surface area contributed by atoms with Gasteiger partial charge in [0.25, 0.3) is 11.8 Å². The van der Waals surface area contributed by atoms with Gasteiger partial charge in [0.05, 0.1) is 6.21 Å². The highest BCUT2D eigenvalue weighted by molar-refractivity contribution is 7.85. The summed E-state index contributed by atoms with van der Waals surface area (Å²) >= 11 is 0. The molecule has 12 heteroatoms. The number of hydrazone groups is 1. The van der Waals surface area contributed by atoms with Crippen LogP contribution in [-0.4, -0.2) is 37.8 Å². The lowest BCUT2D eigenvalue weighted by atomic mass is 10.1. The van der Waals surface area contributed by atoms with E-state index in [-0.39, 0.29) is 18.3 Å². The average Bonchev–Trinajstić information content (AvgIpc) is 3.48. The molecule has 4 rings (SSSR count). The standard InChI is InChI=1S/C22H17N3O8S/c26-21(15-4-2-1-3-5-15)24-17(10-14-6-8-18-19(11-14)32-13-31-18)22(27)25-23-12-16-7-9-20(33-16)34(28,29)30/h1-12H,13H2,(H,24,26)(H,25,27)(H,28,29,30). The molecule has 11 nitrogen and oxygen atoms in total. The van der Waals surface area contributed by atoms with E-state index in [1.807, 2.05) is 0 Å². The van der Waals surface area contributed by atoms with Gasteiger partial charge in [-0.2, -0.15) is 13.5 Å². The molecule has 0 saturated carbocycles. The Bertz CT molecular complexity index is 1390. The first-order valence-electron chi connectivity index (χ1n) is 9.68. The number of carbonyl (C=O) groups is 2. The van der Waals surface area contributed by atoms with Crippen molar-refractivity contribution in [1.29, 1.82) is 0 Å². The molecule has 1 aliphatic heterocycles. The van der Waals surface area contributed by atoms with E-state index in [4.69, 9.17) is 18.4 Å². The minimum Gasteiger partial charge on any atom is -0.454 e. The van der Waals surface area contributed by atoms with Crippen LogP contribution in [-0.2, 0) is 14.9 Å². The van der Waals surface area contributed by atoms with Gasteiger partial charge in [-0.3, -0.25) is 14.1 Å². The van der Waals surface area contributed by atoms with Crippen molar-refractivity contribution < 1.29 is 36.5 Å². The van der Waals surface area contributed by atoms with Crippen LogP contribution < -0.4 is 20.2 Å². The Morgan fingerprint density at radius 3 is 2.50 bits per heavy atom. The Morgan fingerprint density at radius 1 is 1.00 bits per heavy atom. The van der Waals surface area contributed by atoms with Crippen molar-refractivity contribution in [3.8, 4) is 11.5 Å². The Morgan fingerprint density at radius 2 is 1.76 bits per heavy atom. The van der Waals surface area contributed by atoms with Gasteiger partial charge in [0.2, 0.25) is 11.9 Å². The third-order valence-corrected chi connectivity index (χ3v) is 5.18. The second kappa shape index (κ2) is 9.60. The number of ether oxygens (including phenoxy) is 2. The lowest BCUT2D eigenvalue weighted by molar-refractivity contribution is -0.117. The molecule has 174 valence electrons. The lowest BCUT2D eigenvalue weighted by Crippen LogP contribution is -2.32. The van der Waals surface area contributed by atoms with Crippen molar-refractivity contribution in [3.63, 3.8) is 0 Å². The molecular weight excluding hydrogens is 466 g/mol. The van der Waals surface area contributed by atoms with E-state index in [9.17, 15) is 18.0 Å². The summed E-state index contributed by atoms with van der Waals surface area (Å²) in [6.45, 7) is 0.0847. The molecule has 0 aliphatic carbocycles. The average molecular weight is 483 g/mol. The summed E-state index contributed by atoms with van der Waals surface area (Å²) in [4.78, 5) is 25.4. The normalized spacial score (nSPS) is 13.1. The molecule has 0 fully saturated rings. The SMILES string of the molecule is O=C(NN=Cc1ccc(S(=O)(=O)O)o1)C(=Cc1ccc2c(c1)OCO2)NC(=O)c1ccccc1. The predicted molar refractivity (Wildman–Crippen MR) is 119 cm³/mol. The minimum atomic E-state index is -4.51. The van der Waals surface area contributed by atoms with Crippen molar-refractivity contribution in [1.82, 2.24) is 10.7 Å². The molecule has 0 spiro atoms. The molecule has 3 aromatic rings. The number of rotatable bonds is 7. The van der Waals surface area contributed by atoms with Crippen molar-refractivity contribution in [3.05, 3.63) is 83.2 Å². The molecule has 0 radical (unpaired) electrons. The van der Waals surface area contributed by atoms with Crippen LogP contribution in [0.15, 0.2) is 81.0 Å². The largest absolute Gasteiger partial charge is 0.454 e. The molecule has 1 aromatic heterocycles. The molecule has 34 heavy (non-hydrogen) atoms. The quantitative estimate of drug-likeness (QED) is 0.200. The highest BCUT2D eigenvalue weighted by Crippen LogP contribution is 2.33. The fraction of sp³-hybridized carbons (Fsp3) is 0.0455. The van der Waals surface area contributed by atoms with Gasteiger partial charge in [-0.1, -0.05) is 24.3 Å². The molecule has 2 heterocycles. The first kappa shape index (κ1) is 22.8. The van der Waals surface area contributed by atoms with E-state index in [1.54, 1.807) is 48.5 Å². The summed E-state index contributed by atoms with van der Waals surface area (Å²) in [7, 11) is -4.51. The van der Waals surface area contributed by atoms with Crippen LogP contribution in [0.25, 0.3) is 6.08 Å². The molecule has 0 unspecified atom stereocenters. The van der Waals surface area contributed by atoms with E-state index < -0.39 is 27.0 Å². The van der Waals surface area contributed by atoms with Crippen molar-refractivity contribution in [2.45, 2.75) is 5.09 Å². The van der Waals surface area contributed by atoms with Crippen LogP contribution >= 0.6 is 0 Å². The molecule has 0 atom stereocenters. The number of furan rings is 1. The number of hydrogen-bond acceptors (Lipinski definition) is 8. The van der Waals surface area contributed by atoms with Crippen LogP contribution in [0.3, 0.4) is 0 Å². The number of nitrogens with zero attached hydrogens (tertiary/aromatic N) is 1. The van der Waals surface area contributed by atoms with Crippen LogP contribution in [0.2, 0.25) is 0 Å². The van der Waals surface area contributed by atoms with Gasteiger partial charge in [-0.25, -0.2) is 5.43 Å². The van der Waals surface area contributed by atoms with Gasteiger partial charge in [0.15, 0.2) is 11.5 Å². The summed E-state index contributed by atoms with van der Waals surface area (Å²) in [5.74, 6) is -0.269. The van der Waals surface area contributed by atoms with E-state index in [2.05, 4.69) is 15.8 Å². The first-order chi connectivity index (χ1) is 16.3. The number of benzene rings is 2. The van der Waals surface area contributed by atoms with Gasteiger partial charge in [0, 0.05) is 5.56 Å². The number of carbonyl (C=O) groups excluding carboxylic acids is 2. The number of nitrogens with one attached hydrogen (secondary N) is 2. The summed E-state index contributed by atoms with van der Waals surface area (Å²) in [5.41, 5.74) is 2.99. The maximum Gasteiger partial charge on any atom is 0.328 e. The lowest BCUT2D eigenvalue weighted by Gasteiger charge is -2.09. The molecule has 2 amide bonds. The highest BCUT2D eigenvalue weighted by atomic mass is 32.2. The van der Waals surface area contributed by atoms with Crippen LogP contribution in [0.1, 0.15) is 21.7 Å². The van der Waals surface area contributed by atoms with E-state index in [0.29, 0.717) is 22.6 Å². The first-order valence-corrected chi connectivity index (χ1v) is 11.1. The van der Waals surface area contributed by atoms with Crippen LogP contribution in [0, 0.1) is 0 Å². The van der Waals surface area contributed by atoms with Gasteiger partial charge in [-0.05, 0) is 48.0 Å². The predicted octanol–water partition coefficient (Wildman–Crippen LogP) is 2.18. The molecule has 0 saturated heterocycles. The smallest absolute Gasteiger partial charge is 0.328 e.